The average Bonchev–Trinajstić information content (AvgIpc) is 2.97. The number of amides is 2. The lowest BCUT2D eigenvalue weighted by atomic mass is 10.0. The van der Waals surface area contributed by atoms with Crippen molar-refractivity contribution in [2.24, 2.45) is 5.92 Å². The fourth-order valence-corrected chi connectivity index (χ4v) is 3.29. The smallest absolute Gasteiger partial charge is 0.228 e. The van der Waals surface area contributed by atoms with Crippen molar-refractivity contribution in [2.75, 3.05) is 38.3 Å². The zero-order valence-electron chi connectivity index (χ0n) is 14.0. The summed E-state index contributed by atoms with van der Waals surface area (Å²) in [5.74, 6) is -2.43. The number of benzene rings is 1. The second-order valence-electron chi connectivity index (χ2n) is 6.33. The van der Waals surface area contributed by atoms with Crippen LogP contribution in [0.4, 0.5) is 14.5 Å². The van der Waals surface area contributed by atoms with Crippen LogP contribution in [0.25, 0.3) is 0 Å². The van der Waals surface area contributed by atoms with Gasteiger partial charge in [-0.05, 0) is 24.1 Å². The molecule has 0 N–H and O–H groups in total. The molecule has 0 saturated carbocycles. The molecule has 7 heteroatoms. The summed E-state index contributed by atoms with van der Waals surface area (Å²) < 4.78 is 32.1. The first-order valence-electron chi connectivity index (χ1n) is 8.20. The molecule has 0 aromatic heterocycles. The van der Waals surface area contributed by atoms with E-state index in [-0.39, 0.29) is 30.5 Å². The van der Waals surface area contributed by atoms with Gasteiger partial charge in [0.15, 0.2) is 0 Å². The molecule has 0 spiro atoms. The van der Waals surface area contributed by atoms with Gasteiger partial charge in [0.2, 0.25) is 11.8 Å². The number of carbonyl (C=O) groups is 2. The number of anilines is 1. The molecule has 0 bridgehead atoms. The topological polar surface area (TPSA) is 49.9 Å². The van der Waals surface area contributed by atoms with E-state index in [2.05, 4.69) is 0 Å². The van der Waals surface area contributed by atoms with Crippen LogP contribution in [-0.2, 0) is 14.3 Å². The van der Waals surface area contributed by atoms with Crippen LogP contribution >= 0.6 is 0 Å². The number of methoxy groups -OCH3 is 1. The Kier molecular flexibility index (Phi) is 5.13. The Morgan fingerprint density at radius 1 is 1.36 bits per heavy atom. The molecule has 0 radical (unpaired) electrons. The average molecular weight is 350 g/mol. The Balaban J connectivity index is 1.67. The summed E-state index contributed by atoms with van der Waals surface area (Å²) in [6, 6.07) is 3.08. The summed E-state index contributed by atoms with van der Waals surface area (Å²) in [6.07, 6.45) is 2.76. The molecule has 1 saturated heterocycles. The van der Waals surface area contributed by atoms with Crippen LogP contribution in [-0.4, -0.2) is 50.1 Å². The first-order chi connectivity index (χ1) is 12.0. The SMILES string of the molecule is COCC1=CCN(C(=O)C2CC(=O)N(c3ccc(F)cc3F)C2)CC1. The first kappa shape index (κ1) is 17.5. The zero-order valence-corrected chi connectivity index (χ0v) is 14.0. The van der Waals surface area contributed by atoms with Crippen LogP contribution in [0.15, 0.2) is 29.8 Å². The number of rotatable bonds is 4. The minimum absolute atomic E-state index is 0.0163. The van der Waals surface area contributed by atoms with Crippen molar-refractivity contribution >= 4 is 17.5 Å². The quantitative estimate of drug-likeness (QED) is 0.782. The van der Waals surface area contributed by atoms with Crippen LogP contribution in [0, 0.1) is 17.6 Å². The highest BCUT2D eigenvalue weighted by Crippen LogP contribution is 2.29. The van der Waals surface area contributed by atoms with E-state index < -0.39 is 17.6 Å². The van der Waals surface area contributed by atoms with Gasteiger partial charge in [-0.3, -0.25) is 9.59 Å². The molecule has 3 rings (SSSR count). The highest BCUT2D eigenvalue weighted by molar-refractivity contribution is 6.00. The minimum atomic E-state index is -0.799. The summed E-state index contributed by atoms with van der Waals surface area (Å²) in [5, 5.41) is 0. The monoisotopic (exact) mass is 350 g/mol. The zero-order chi connectivity index (χ0) is 18.0. The standard InChI is InChI=1S/C18H20F2N2O3/c1-25-11-12-4-6-21(7-5-12)18(24)13-8-17(23)22(10-13)16-3-2-14(19)9-15(16)20/h2-4,9,13H,5-8,10-11H2,1H3. The van der Waals surface area contributed by atoms with E-state index in [4.69, 9.17) is 4.74 Å². The third-order valence-corrected chi connectivity index (χ3v) is 4.62. The molecule has 134 valence electrons. The van der Waals surface area contributed by atoms with Crippen LogP contribution in [0.3, 0.4) is 0 Å². The summed E-state index contributed by atoms with van der Waals surface area (Å²) >= 11 is 0. The van der Waals surface area contributed by atoms with Crippen molar-refractivity contribution in [3.8, 4) is 0 Å². The van der Waals surface area contributed by atoms with Gasteiger partial charge in [-0.25, -0.2) is 8.78 Å². The van der Waals surface area contributed by atoms with E-state index in [1.807, 2.05) is 6.08 Å². The highest BCUT2D eigenvalue weighted by Gasteiger charge is 2.38. The normalized spacial score (nSPS) is 20.8. The molecular weight excluding hydrogens is 330 g/mol. The fraction of sp³-hybridized carbons (Fsp3) is 0.444. The molecule has 5 nitrogen and oxygen atoms in total. The number of ether oxygens (including phenoxy) is 1. The van der Waals surface area contributed by atoms with E-state index in [0.717, 1.165) is 24.1 Å². The summed E-state index contributed by atoms with van der Waals surface area (Å²) in [7, 11) is 1.63. The Labute approximate surface area is 144 Å². The first-order valence-corrected chi connectivity index (χ1v) is 8.20. The van der Waals surface area contributed by atoms with E-state index in [9.17, 15) is 18.4 Å². The molecule has 0 aliphatic carbocycles. The van der Waals surface area contributed by atoms with Crippen molar-refractivity contribution in [3.05, 3.63) is 41.5 Å². The van der Waals surface area contributed by atoms with Gasteiger partial charge < -0.3 is 14.5 Å². The van der Waals surface area contributed by atoms with Crippen LogP contribution < -0.4 is 4.90 Å². The van der Waals surface area contributed by atoms with Gasteiger partial charge >= 0.3 is 0 Å². The van der Waals surface area contributed by atoms with Crippen LogP contribution in [0.1, 0.15) is 12.8 Å². The maximum atomic E-state index is 13.9. The molecule has 1 unspecified atom stereocenters. The highest BCUT2D eigenvalue weighted by atomic mass is 19.1. The Morgan fingerprint density at radius 3 is 2.80 bits per heavy atom. The van der Waals surface area contributed by atoms with Crippen LogP contribution in [0.2, 0.25) is 0 Å². The number of carbonyl (C=O) groups excluding carboxylic acids is 2. The van der Waals surface area contributed by atoms with Crippen LogP contribution in [0.5, 0.6) is 0 Å². The third kappa shape index (κ3) is 3.71. The van der Waals surface area contributed by atoms with Crippen molar-refractivity contribution in [1.82, 2.24) is 4.90 Å². The molecule has 25 heavy (non-hydrogen) atoms. The fourth-order valence-electron chi connectivity index (χ4n) is 3.29. The molecular formula is C18H20F2N2O3. The van der Waals surface area contributed by atoms with Gasteiger partial charge in [-0.15, -0.1) is 0 Å². The molecule has 1 fully saturated rings. The van der Waals surface area contributed by atoms with E-state index in [1.54, 1.807) is 12.0 Å². The Morgan fingerprint density at radius 2 is 2.16 bits per heavy atom. The lowest BCUT2D eigenvalue weighted by Crippen LogP contribution is -2.40. The minimum Gasteiger partial charge on any atom is -0.380 e. The van der Waals surface area contributed by atoms with E-state index in [1.165, 1.54) is 11.0 Å². The summed E-state index contributed by atoms with van der Waals surface area (Å²) in [5.41, 5.74) is 1.17. The van der Waals surface area contributed by atoms with Gasteiger partial charge in [0.25, 0.3) is 0 Å². The largest absolute Gasteiger partial charge is 0.380 e. The van der Waals surface area contributed by atoms with Gasteiger partial charge in [0, 0.05) is 39.2 Å². The third-order valence-electron chi connectivity index (χ3n) is 4.62. The lowest BCUT2D eigenvalue weighted by Gasteiger charge is -2.28. The number of hydrogen-bond donors (Lipinski definition) is 0. The Bertz CT molecular complexity index is 720. The van der Waals surface area contributed by atoms with E-state index in [0.29, 0.717) is 19.7 Å². The van der Waals surface area contributed by atoms with Crippen molar-refractivity contribution < 1.29 is 23.1 Å². The molecule has 1 aromatic carbocycles. The maximum absolute atomic E-state index is 13.9. The number of halogens is 2. The molecule has 2 amide bonds. The molecule has 1 atom stereocenters. The molecule has 2 aliphatic rings. The van der Waals surface area contributed by atoms with E-state index >= 15 is 0 Å². The van der Waals surface area contributed by atoms with Crippen molar-refractivity contribution in [3.63, 3.8) is 0 Å². The second-order valence-corrected chi connectivity index (χ2v) is 6.33. The van der Waals surface area contributed by atoms with Crippen molar-refractivity contribution in [2.45, 2.75) is 12.8 Å². The second kappa shape index (κ2) is 7.31. The Hall–Kier alpha value is -2.28. The molecule has 1 aromatic rings. The molecule has 2 heterocycles. The van der Waals surface area contributed by atoms with Gasteiger partial charge in [0.05, 0.1) is 18.2 Å². The van der Waals surface area contributed by atoms with Gasteiger partial charge in [-0.1, -0.05) is 6.08 Å². The van der Waals surface area contributed by atoms with Crippen molar-refractivity contribution in [1.29, 1.82) is 0 Å². The lowest BCUT2D eigenvalue weighted by molar-refractivity contribution is -0.135. The predicted octanol–water partition coefficient (Wildman–Crippen LogP) is 2.12. The number of hydrogen-bond acceptors (Lipinski definition) is 3. The predicted molar refractivity (Wildman–Crippen MR) is 88.0 cm³/mol. The summed E-state index contributed by atoms with van der Waals surface area (Å²) in [6.45, 7) is 1.75. The maximum Gasteiger partial charge on any atom is 0.228 e. The van der Waals surface area contributed by atoms with Gasteiger partial charge in [-0.2, -0.15) is 0 Å². The summed E-state index contributed by atoms with van der Waals surface area (Å²) in [4.78, 5) is 27.8. The van der Waals surface area contributed by atoms with Gasteiger partial charge in [0.1, 0.15) is 11.6 Å². The number of nitrogens with zero attached hydrogens (tertiary/aromatic N) is 2. The molecule has 2 aliphatic heterocycles.